The Bertz CT molecular complexity index is 2280. The molecule has 0 radical (unpaired) electrons. The smallest absolute Gasteiger partial charge is 0.160 e. The number of benzene rings is 6. The molecule has 1 aromatic heterocycles. The lowest BCUT2D eigenvalue weighted by molar-refractivity contribution is 0.669. The number of nitrogens with zero attached hydrogens (tertiary/aromatic N) is 2. The normalized spacial score (nSPS) is 15.3. The highest BCUT2D eigenvalue weighted by Crippen LogP contribution is 2.37. The van der Waals surface area contributed by atoms with E-state index in [1.807, 2.05) is 30.3 Å². The molecule has 0 saturated carbocycles. The van der Waals surface area contributed by atoms with Crippen LogP contribution < -0.4 is 0 Å². The van der Waals surface area contributed by atoms with E-state index in [1.54, 1.807) is 0 Å². The standard InChI is InChI=1S/C43H32N2O/c1-29-20-26-38(33-14-7-3-8-15-33)44-43(45-42(29)34-16-9-4-10-17-34)36-18-11-19-40-41(36)37-28-35(25-27-39(37)46-40)32-23-21-31(22-24-32)30-12-5-2-6-13-30/h2-19,21-25,27-28H,20,26H2,1H3/b42-29+,44-38?,45-43?. The van der Waals surface area contributed by atoms with Crippen LogP contribution in [0.1, 0.15) is 36.5 Å². The number of allylic oxidation sites excluding steroid dienone is 1. The maximum absolute atomic E-state index is 6.44. The number of hydrogen-bond acceptors (Lipinski definition) is 3. The highest BCUT2D eigenvalue weighted by atomic mass is 16.3. The lowest BCUT2D eigenvalue weighted by Crippen LogP contribution is -2.10. The minimum atomic E-state index is 0.697. The molecule has 7 aromatic rings. The Morgan fingerprint density at radius 3 is 1.76 bits per heavy atom. The van der Waals surface area contributed by atoms with Crippen molar-refractivity contribution in [3.63, 3.8) is 0 Å². The molecule has 0 N–H and O–H groups in total. The van der Waals surface area contributed by atoms with Gasteiger partial charge >= 0.3 is 0 Å². The second-order valence-corrected chi connectivity index (χ2v) is 11.8. The molecule has 6 aromatic carbocycles. The van der Waals surface area contributed by atoms with Gasteiger partial charge in [0.1, 0.15) is 11.2 Å². The molecule has 3 heteroatoms. The first kappa shape index (κ1) is 27.7. The van der Waals surface area contributed by atoms with Crippen molar-refractivity contribution in [3.05, 3.63) is 174 Å². The van der Waals surface area contributed by atoms with Gasteiger partial charge in [-0.05, 0) is 71.4 Å². The largest absolute Gasteiger partial charge is 0.456 e. The van der Waals surface area contributed by atoms with Gasteiger partial charge in [0, 0.05) is 21.9 Å². The molecule has 0 spiro atoms. The molecule has 1 aliphatic heterocycles. The Morgan fingerprint density at radius 2 is 1.07 bits per heavy atom. The molecule has 46 heavy (non-hydrogen) atoms. The van der Waals surface area contributed by atoms with Gasteiger partial charge in [-0.2, -0.15) is 0 Å². The average molecular weight is 593 g/mol. The molecule has 0 aliphatic carbocycles. The third-order valence-corrected chi connectivity index (χ3v) is 8.82. The lowest BCUT2D eigenvalue weighted by atomic mass is 9.97. The van der Waals surface area contributed by atoms with Crippen LogP contribution in [0, 0.1) is 0 Å². The highest BCUT2D eigenvalue weighted by molar-refractivity contribution is 6.22. The number of hydrogen-bond donors (Lipinski definition) is 0. The van der Waals surface area contributed by atoms with Crippen molar-refractivity contribution in [1.29, 1.82) is 0 Å². The summed E-state index contributed by atoms with van der Waals surface area (Å²) in [5, 5.41) is 2.08. The second-order valence-electron chi connectivity index (χ2n) is 11.8. The summed E-state index contributed by atoms with van der Waals surface area (Å²) >= 11 is 0. The Labute approximate surface area is 268 Å². The van der Waals surface area contributed by atoms with Gasteiger partial charge in [-0.15, -0.1) is 0 Å². The summed E-state index contributed by atoms with van der Waals surface area (Å²) in [6.07, 6.45) is 1.72. The predicted octanol–water partition coefficient (Wildman–Crippen LogP) is 11.4. The average Bonchev–Trinajstić information content (AvgIpc) is 3.50. The third kappa shape index (κ3) is 5.27. The van der Waals surface area contributed by atoms with Crippen molar-refractivity contribution in [3.8, 4) is 22.3 Å². The molecule has 3 nitrogen and oxygen atoms in total. The fraction of sp³-hybridized carbons (Fsp3) is 0.0698. The minimum Gasteiger partial charge on any atom is -0.456 e. The van der Waals surface area contributed by atoms with Gasteiger partial charge in [-0.3, -0.25) is 0 Å². The molecule has 0 amide bonds. The zero-order chi connectivity index (χ0) is 30.9. The van der Waals surface area contributed by atoms with Crippen molar-refractivity contribution < 1.29 is 4.42 Å². The van der Waals surface area contributed by atoms with Crippen LogP contribution in [-0.4, -0.2) is 11.5 Å². The maximum Gasteiger partial charge on any atom is 0.160 e. The van der Waals surface area contributed by atoms with Gasteiger partial charge in [0.15, 0.2) is 5.84 Å². The van der Waals surface area contributed by atoms with Crippen LogP contribution >= 0.6 is 0 Å². The van der Waals surface area contributed by atoms with Gasteiger partial charge < -0.3 is 4.42 Å². The van der Waals surface area contributed by atoms with Crippen molar-refractivity contribution in [2.24, 2.45) is 9.98 Å². The van der Waals surface area contributed by atoms with Gasteiger partial charge in [-0.25, -0.2) is 9.98 Å². The lowest BCUT2D eigenvalue weighted by Gasteiger charge is -2.16. The minimum absolute atomic E-state index is 0.697. The van der Waals surface area contributed by atoms with Crippen molar-refractivity contribution in [2.75, 3.05) is 0 Å². The summed E-state index contributed by atoms with van der Waals surface area (Å²) in [4.78, 5) is 10.7. The quantitative estimate of drug-likeness (QED) is 0.196. The molecular weight excluding hydrogens is 560 g/mol. The van der Waals surface area contributed by atoms with Crippen LogP contribution in [-0.2, 0) is 0 Å². The van der Waals surface area contributed by atoms with E-state index in [0.717, 1.165) is 74.0 Å². The monoisotopic (exact) mass is 592 g/mol. The number of rotatable bonds is 5. The molecular formula is C43H32N2O. The van der Waals surface area contributed by atoms with Crippen LogP contribution in [0.2, 0.25) is 0 Å². The van der Waals surface area contributed by atoms with Crippen molar-refractivity contribution in [2.45, 2.75) is 19.8 Å². The summed E-state index contributed by atoms with van der Waals surface area (Å²) in [5.41, 5.74) is 12.8. The van der Waals surface area contributed by atoms with Crippen molar-refractivity contribution in [1.82, 2.24) is 0 Å². The molecule has 220 valence electrons. The first-order valence-electron chi connectivity index (χ1n) is 15.8. The van der Waals surface area contributed by atoms with Crippen LogP contribution in [0.25, 0.3) is 49.9 Å². The molecule has 0 bridgehead atoms. The number of amidine groups is 1. The van der Waals surface area contributed by atoms with E-state index in [0.29, 0.717) is 5.84 Å². The highest BCUT2D eigenvalue weighted by Gasteiger charge is 2.20. The van der Waals surface area contributed by atoms with Gasteiger partial charge in [0.05, 0.1) is 11.4 Å². The van der Waals surface area contributed by atoms with E-state index in [4.69, 9.17) is 14.4 Å². The first-order chi connectivity index (χ1) is 22.7. The molecule has 0 fully saturated rings. The van der Waals surface area contributed by atoms with Gasteiger partial charge in [0.25, 0.3) is 0 Å². The Hall–Kier alpha value is -5.80. The summed E-state index contributed by atoms with van der Waals surface area (Å²) in [5.74, 6) is 0.697. The zero-order valence-corrected chi connectivity index (χ0v) is 25.7. The molecule has 0 atom stereocenters. The predicted molar refractivity (Wildman–Crippen MR) is 192 cm³/mol. The Morgan fingerprint density at radius 1 is 0.478 bits per heavy atom. The molecule has 8 rings (SSSR count). The summed E-state index contributed by atoms with van der Waals surface area (Å²) in [7, 11) is 0. The van der Waals surface area contributed by atoms with E-state index in [2.05, 4.69) is 128 Å². The molecule has 1 aliphatic rings. The van der Waals surface area contributed by atoms with E-state index in [-0.39, 0.29) is 0 Å². The zero-order valence-electron chi connectivity index (χ0n) is 25.7. The Kier molecular flexibility index (Phi) is 7.20. The molecule has 0 unspecified atom stereocenters. The van der Waals surface area contributed by atoms with Crippen LogP contribution in [0.4, 0.5) is 0 Å². The fourth-order valence-corrected chi connectivity index (χ4v) is 6.38. The van der Waals surface area contributed by atoms with E-state index in [9.17, 15) is 0 Å². The Balaban J connectivity index is 1.30. The summed E-state index contributed by atoms with van der Waals surface area (Å²) < 4.78 is 6.44. The molecule has 0 saturated heterocycles. The first-order valence-corrected chi connectivity index (χ1v) is 15.8. The molecule has 2 heterocycles. The fourth-order valence-electron chi connectivity index (χ4n) is 6.38. The number of fused-ring (bicyclic) bond motifs is 3. The third-order valence-electron chi connectivity index (χ3n) is 8.82. The van der Waals surface area contributed by atoms with Crippen molar-refractivity contribution >= 4 is 39.2 Å². The summed E-state index contributed by atoms with van der Waals surface area (Å²) in [6, 6.07) is 52.8. The number of furan rings is 1. The van der Waals surface area contributed by atoms with Crippen LogP contribution in [0.15, 0.2) is 172 Å². The number of aliphatic imine (C=N–C) groups is 2. The van der Waals surface area contributed by atoms with E-state index >= 15 is 0 Å². The van der Waals surface area contributed by atoms with Gasteiger partial charge in [-0.1, -0.05) is 133 Å². The van der Waals surface area contributed by atoms with E-state index in [1.165, 1.54) is 16.7 Å². The summed E-state index contributed by atoms with van der Waals surface area (Å²) in [6.45, 7) is 2.20. The van der Waals surface area contributed by atoms with Crippen LogP contribution in [0.5, 0.6) is 0 Å². The SMILES string of the molecule is C/C1=C(/c2ccccc2)N=C(c2cccc3oc4ccc(-c5ccc(-c6ccccc6)cc5)cc4c23)N=C(c2ccccc2)CC1. The van der Waals surface area contributed by atoms with Gasteiger partial charge in [0.2, 0.25) is 0 Å². The van der Waals surface area contributed by atoms with E-state index < -0.39 is 0 Å². The second kappa shape index (κ2) is 11.9. The van der Waals surface area contributed by atoms with Crippen LogP contribution in [0.3, 0.4) is 0 Å². The maximum atomic E-state index is 6.44. The topological polar surface area (TPSA) is 37.9 Å².